The molecule has 100 valence electrons. The van der Waals surface area contributed by atoms with E-state index in [4.69, 9.17) is 15.2 Å². The molecular formula is C14H22N2O2. The van der Waals surface area contributed by atoms with Crippen molar-refractivity contribution in [1.82, 2.24) is 4.90 Å². The molecule has 1 aliphatic rings. The highest BCUT2D eigenvalue weighted by molar-refractivity contribution is 5.39. The molecule has 2 rings (SSSR count). The van der Waals surface area contributed by atoms with Crippen molar-refractivity contribution in [2.75, 3.05) is 33.0 Å². The smallest absolute Gasteiger partial charge is 0.0959 e. The van der Waals surface area contributed by atoms with Crippen LogP contribution in [0, 0.1) is 0 Å². The van der Waals surface area contributed by atoms with Crippen molar-refractivity contribution in [2.24, 2.45) is 0 Å². The zero-order valence-corrected chi connectivity index (χ0v) is 11.1. The summed E-state index contributed by atoms with van der Waals surface area (Å²) >= 11 is 0. The maximum atomic E-state index is 5.69. The Morgan fingerprint density at radius 1 is 1.17 bits per heavy atom. The van der Waals surface area contributed by atoms with Crippen molar-refractivity contribution in [3.05, 3.63) is 29.8 Å². The molecule has 1 aliphatic heterocycles. The van der Waals surface area contributed by atoms with Gasteiger partial charge in [-0.25, -0.2) is 0 Å². The normalized spacial score (nSPS) is 25.2. The highest BCUT2D eigenvalue weighted by Gasteiger charge is 2.28. The third-order valence-electron chi connectivity index (χ3n) is 3.57. The molecule has 1 saturated heterocycles. The average Bonchev–Trinajstić information content (AvgIpc) is 2.41. The minimum Gasteiger partial charge on any atom is -0.399 e. The fourth-order valence-electron chi connectivity index (χ4n) is 2.48. The van der Waals surface area contributed by atoms with E-state index in [2.05, 4.69) is 17.0 Å². The Bertz CT molecular complexity index is 367. The molecule has 1 aromatic rings. The van der Waals surface area contributed by atoms with Crippen molar-refractivity contribution in [3.63, 3.8) is 0 Å². The molecule has 0 aromatic heterocycles. The van der Waals surface area contributed by atoms with E-state index in [0.717, 1.165) is 31.7 Å². The number of hydrogen-bond donors (Lipinski definition) is 1. The third-order valence-corrected chi connectivity index (χ3v) is 3.57. The summed E-state index contributed by atoms with van der Waals surface area (Å²) in [6.07, 6.45) is 1.40. The summed E-state index contributed by atoms with van der Waals surface area (Å²) < 4.78 is 10.9. The Morgan fingerprint density at radius 2 is 1.83 bits per heavy atom. The second-order valence-electron chi connectivity index (χ2n) is 4.81. The number of methoxy groups -OCH3 is 2. The average molecular weight is 250 g/mol. The van der Waals surface area contributed by atoms with E-state index in [1.54, 1.807) is 14.2 Å². The lowest BCUT2D eigenvalue weighted by Gasteiger charge is -2.37. The van der Waals surface area contributed by atoms with Crippen LogP contribution in [0.5, 0.6) is 0 Å². The van der Waals surface area contributed by atoms with E-state index in [1.165, 1.54) is 5.56 Å². The van der Waals surface area contributed by atoms with E-state index < -0.39 is 0 Å². The largest absolute Gasteiger partial charge is 0.399 e. The first-order valence-corrected chi connectivity index (χ1v) is 6.35. The highest BCUT2D eigenvalue weighted by Crippen LogP contribution is 2.18. The van der Waals surface area contributed by atoms with Gasteiger partial charge in [0.25, 0.3) is 0 Å². The van der Waals surface area contributed by atoms with E-state index >= 15 is 0 Å². The quantitative estimate of drug-likeness (QED) is 0.823. The van der Waals surface area contributed by atoms with Gasteiger partial charge in [-0.3, -0.25) is 4.90 Å². The molecule has 1 fully saturated rings. The van der Waals surface area contributed by atoms with Gasteiger partial charge in [0.05, 0.1) is 12.2 Å². The standard InChI is InChI=1S/C14H22N2O2/c1-17-13-7-8-16(10-14(13)18-2)9-11-3-5-12(15)6-4-11/h3-6,13-14H,7-10,15H2,1-2H3. The maximum Gasteiger partial charge on any atom is 0.0959 e. The van der Waals surface area contributed by atoms with Gasteiger partial charge in [-0.05, 0) is 24.1 Å². The first kappa shape index (κ1) is 13.3. The molecular weight excluding hydrogens is 228 g/mol. The zero-order valence-electron chi connectivity index (χ0n) is 11.1. The molecule has 0 spiro atoms. The Hall–Kier alpha value is -1.10. The fourth-order valence-corrected chi connectivity index (χ4v) is 2.48. The molecule has 18 heavy (non-hydrogen) atoms. The number of piperidine rings is 1. The van der Waals surface area contributed by atoms with Gasteiger partial charge in [0.1, 0.15) is 0 Å². The van der Waals surface area contributed by atoms with Crippen LogP contribution in [0.4, 0.5) is 5.69 Å². The van der Waals surface area contributed by atoms with Crippen LogP contribution < -0.4 is 5.73 Å². The molecule has 2 atom stereocenters. The van der Waals surface area contributed by atoms with Crippen LogP contribution in [0.25, 0.3) is 0 Å². The predicted molar refractivity (Wildman–Crippen MR) is 72.3 cm³/mol. The first-order chi connectivity index (χ1) is 8.72. The highest BCUT2D eigenvalue weighted by atomic mass is 16.5. The summed E-state index contributed by atoms with van der Waals surface area (Å²) in [4.78, 5) is 2.40. The molecule has 1 heterocycles. The van der Waals surface area contributed by atoms with Gasteiger partial charge >= 0.3 is 0 Å². The topological polar surface area (TPSA) is 47.7 Å². The number of hydrogen-bond acceptors (Lipinski definition) is 4. The van der Waals surface area contributed by atoms with E-state index in [-0.39, 0.29) is 12.2 Å². The number of nitrogens with two attached hydrogens (primary N) is 1. The first-order valence-electron chi connectivity index (χ1n) is 6.35. The van der Waals surface area contributed by atoms with Crippen LogP contribution in [0.1, 0.15) is 12.0 Å². The van der Waals surface area contributed by atoms with Gasteiger partial charge in [-0.1, -0.05) is 12.1 Å². The second kappa shape index (κ2) is 6.18. The lowest BCUT2D eigenvalue weighted by Crippen LogP contribution is -2.47. The van der Waals surface area contributed by atoms with Crippen molar-refractivity contribution in [2.45, 2.75) is 25.2 Å². The minimum absolute atomic E-state index is 0.164. The maximum absolute atomic E-state index is 5.69. The summed E-state index contributed by atoms with van der Waals surface area (Å²) in [5.74, 6) is 0. The van der Waals surface area contributed by atoms with E-state index in [1.807, 2.05) is 12.1 Å². The molecule has 0 bridgehead atoms. The summed E-state index contributed by atoms with van der Waals surface area (Å²) in [6.45, 7) is 2.90. The summed E-state index contributed by atoms with van der Waals surface area (Å²) in [5, 5.41) is 0. The number of nitrogen functional groups attached to an aromatic ring is 1. The summed E-state index contributed by atoms with van der Waals surface area (Å²) in [5.41, 5.74) is 7.79. The van der Waals surface area contributed by atoms with Gasteiger partial charge in [0, 0.05) is 39.5 Å². The number of likely N-dealkylation sites (tertiary alicyclic amines) is 1. The number of rotatable bonds is 4. The number of benzene rings is 1. The number of anilines is 1. The molecule has 0 saturated carbocycles. The van der Waals surface area contributed by atoms with Crippen LogP contribution in [0.2, 0.25) is 0 Å². The van der Waals surface area contributed by atoms with Crippen LogP contribution in [0.3, 0.4) is 0 Å². The number of nitrogens with zero attached hydrogens (tertiary/aromatic N) is 1. The van der Waals surface area contributed by atoms with Crippen molar-refractivity contribution in [1.29, 1.82) is 0 Å². The van der Waals surface area contributed by atoms with Crippen molar-refractivity contribution >= 4 is 5.69 Å². The zero-order chi connectivity index (χ0) is 13.0. The van der Waals surface area contributed by atoms with Gasteiger partial charge in [0.15, 0.2) is 0 Å². The lowest BCUT2D eigenvalue weighted by atomic mass is 10.0. The Kier molecular flexibility index (Phi) is 4.58. The second-order valence-corrected chi connectivity index (χ2v) is 4.81. The molecule has 0 aliphatic carbocycles. The van der Waals surface area contributed by atoms with Crippen LogP contribution in [-0.4, -0.2) is 44.4 Å². The molecule has 2 N–H and O–H groups in total. The van der Waals surface area contributed by atoms with Crippen LogP contribution in [-0.2, 0) is 16.0 Å². The SMILES string of the molecule is COC1CCN(Cc2ccc(N)cc2)CC1OC. The summed E-state index contributed by atoms with van der Waals surface area (Å²) in [6, 6.07) is 8.06. The Balaban J connectivity index is 1.93. The summed E-state index contributed by atoms with van der Waals surface area (Å²) in [7, 11) is 3.51. The van der Waals surface area contributed by atoms with Gasteiger partial charge < -0.3 is 15.2 Å². The minimum atomic E-state index is 0.164. The van der Waals surface area contributed by atoms with Gasteiger partial charge in [-0.15, -0.1) is 0 Å². The lowest BCUT2D eigenvalue weighted by molar-refractivity contribution is -0.0803. The van der Waals surface area contributed by atoms with Crippen LogP contribution in [0.15, 0.2) is 24.3 Å². The number of ether oxygens (including phenoxy) is 2. The van der Waals surface area contributed by atoms with Crippen molar-refractivity contribution < 1.29 is 9.47 Å². The Labute approximate surface area is 109 Å². The third kappa shape index (κ3) is 3.22. The fraction of sp³-hybridized carbons (Fsp3) is 0.571. The predicted octanol–water partition coefficient (Wildman–Crippen LogP) is 1.50. The molecule has 4 nitrogen and oxygen atoms in total. The van der Waals surface area contributed by atoms with E-state index in [9.17, 15) is 0 Å². The van der Waals surface area contributed by atoms with E-state index in [0.29, 0.717) is 0 Å². The van der Waals surface area contributed by atoms with Gasteiger partial charge in [0.2, 0.25) is 0 Å². The van der Waals surface area contributed by atoms with Gasteiger partial charge in [-0.2, -0.15) is 0 Å². The molecule has 1 aromatic carbocycles. The van der Waals surface area contributed by atoms with Crippen molar-refractivity contribution in [3.8, 4) is 0 Å². The Morgan fingerprint density at radius 3 is 2.44 bits per heavy atom. The molecule has 4 heteroatoms. The molecule has 0 amide bonds. The monoisotopic (exact) mass is 250 g/mol. The molecule has 0 radical (unpaired) electrons. The van der Waals surface area contributed by atoms with Crippen LogP contribution >= 0.6 is 0 Å². The molecule has 2 unspecified atom stereocenters.